The van der Waals surface area contributed by atoms with Crippen LogP contribution in [0.15, 0.2) is 97.2 Å². The molecule has 3 aromatic carbocycles. The number of carbonyl (C=O) groups is 2. The van der Waals surface area contributed by atoms with Crippen LogP contribution in [0.2, 0.25) is 0 Å². The summed E-state index contributed by atoms with van der Waals surface area (Å²) in [4.78, 5) is 29.6. The van der Waals surface area contributed by atoms with E-state index in [2.05, 4.69) is 15.6 Å². The number of hydrogen-bond acceptors (Lipinski definition) is 4. The van der Waals surface area contributed by atoms with Crippen LogP contribution < -0.4 is 10.6 Å². The average molecular weight is 480 g/mol. The number of aromatic nitrogens is 1. The third kappa shape index (κ3) is 6.79. The van der Waals surface area contributed by atoms with Crippen LogP contribution in [0.1, 0.15) is 32.7 Å². The van der Waals surface area contributed by atoms with Gasteiger partial charge in [0.1, 0.15) is 6.61 Å². The summed E-state index contributed by atoms with van der Waals surface area (Å²) < 4.78 is 5.36. The van der Waals surface area contributed by atoms with E-state index in [1.54, 1.807) is 6.20 Å². The minimum absolute atomic E-state index is 0.151. The SMILES string of the molecule is Cc1ccc(COC(=O)NCc2ccccc2-c2ccccc2C(=O)NCCc2ccccn2)cc1. The van der Waals surface area contributed by atoms with Gasteiger partial charge in [-0.1, -0.05) is 78.4 Å². The monoisotopic (exact) mass is 479 g/mol. The molecule has 0 spiro atoms. The van der Waals surface area contributed by atoms with Crippen molar-refractivity contribution in [2.75, 3.05) is 6.54 Å². The second kappa shape index (κ2) is 12.3. The molecule has 1 heterocycles. The Hall–Kier alpha value is -4.45. The smallest absolute Gasteiger partial charge is 0.407 e. The topological polar surface area (TPSA) is 80.3 Å². The van der Waals surface area contributed by atoms with E-state index in [1.807, 2.05) is 97.9 Å². The number of nitrogens with one attached hydrogen (secondary N) is 2. The van der Waals surface area contributed by atoms with Gasteiger partial charge < -0.3 is 15.4 Å². The van der Waals surface area contributed by atoms with Crippen LogP contribution in [0, 0.1) is 6.92 Å². The summed E-state index contributed by atoms with van der Waals surface area (Å²) in [6.07, 6.45) is 1.90. The maximum atomic E-state index is 13.0. The lowest BCUT2D eigenvalue weighted by atomic mass is 9.95. The predicted molar refractivity (Wildman–Crippen MR) is 140 cm³/mol. The van der Waals surface area contributed by atoms with Gasteiger partial charge in [0.05, 0.1) is 0 Å². The van der Waals surface area contributed by atoms with Gasteiger partial charge in [0, 0.05) is 37.0 Å². The van der Waals surface area contributed by atoms with Crippen LogP contribution in [0.3, 0.4) is 0 Å². The first-order chi connectivity index (χ1) is 17.6. The first-order valence-corrected chi connectivity index (χ1v) is 11.9. The molecule has 2 amide bonds. The largest absolute Gasteiger partial charge is 0.445 e. The lowest BCUT2D eigenvalue weighted by Gasteiger charge is -2.15. The number of rotatable bonds is 9. The van der Waals surface area contributed by atoms with Gasteiger partial charge in [-0.25, -0.2) is 4.79 Å². The number of pyridine rings is 1. The number of amides is 2. The molecule has 6 nitrogen and oxygen atoms in total. The number of carbonyl (C=O) groups excluding carboxylic acids is 2. The molecule has 0 aliphatic heterocycles. The summed E-state index contributed by atoms with van der Waals surface area (Å²) in [7, 11) is 0. The predicted octanol–water partition coefficient (Wildman–Crippen LogP) is 5.46. The molecule has 0 bridgehead atoms. The van der Waals surface area contributed by atoms with E-state index < -0.39 is 6.09 Å². The van der Waals surface area contributed by atoms with Crippen molar-refractivity contribution in [1.29, 1.82) is 0 Å². The highest BCUT2D eigenvalue weighted by atomic mass is 16.5. The Morgan fingerprint density at radius 2 is 1.53 bits per heavy atom. The van der Waals surface area contributed by atoms with E-state index in [0.29, 0.717) is 18.5 Å². The molecule has 0 saturated heterocycles. The van der Waals surface area contributed by atoms with Crippen molar-refractivity contribution < 1.29 is 14.3 Å². The van der Waals surface area contributed by atoms with Crippen LogP contribution in [0.25, 0.3) is 11.1 Å². The standard InChI is InChI=1S/C30H29N3O3/c1-22-13-15-23(16-14-22)21-36-30(35)33-20-24-8-2-3-10-26(24)27-11-4-5-12-28(27)29(34)32-19-17-25-9-6-7-18-31-25/h2-16,18H,17,19-21H2,1H3,(H,32,34)(H,33,35). The molecular weight excluding hydrogens is 450 g/mol. The van der Waals surface area contributed by atoms with Crippen LogP contribution in [-0.4, -0.2) is 23.5 Å². The fraction of sp³-hybridized carbons (Fsp3) is 0.167. The summed E-state index contributed by atoms with van der Waals surface area (Å²) in [5.74, 6) is -0.151. The minimum atomic E-state index is -0.495. The molecule has 1 aromatic heterocycles. The lowest BCUT2D eigenvalue weighted by Crippen LogP contribution is -2.26. The molecule has 182 valence electrons. The Morgan fingerprint density at radius 1 is 0.806 bits per heavy atom. The Labute approximate surface area is 211 Å². The van der Waals surface area contributed by atoms with Crippen LogP contribution in [0.4, 0.5) is 4.79 Å². The van der Waals surface area contributed by atoms with E-state index in [1.165, 1.54) is 0 Å². The van der Waals surface area contributed by atoms with Gasteiger partial charge in [0.2, 0.25) is 0 Å². The molecule has 0 fully saturated rings. The Morgan fingerprint density at radius 3 is 2.31 bits per heavy atom. The third-order valence-corrected chi connectivity index (χ3v) is 5.79. The van der Waals surface area contributed by atoms with Crippen LogP contribution in [-0.2, 0) is 24.3 Å². The van der Waals surface area contributed by atoms with Crippen molar-refractivity contribution in [2.45, 2.75) is 26.5 Å². The summed E-state index contributed by atoms with van der Waals surface area (Å²) in [6.45, 7) is 2.98. The number of hydrogen-bond donors (Lipinski definition) is 2. The van der Waals surface area contributed by atoms with Crippen molar-refractivity contribution in [3.63, 3.8) is 0 Å². The quantitative estimate of drug-likeness (QED) is 0.334. The number of alkyl carbamates (subject to hydrolysis) is 1. The van der Waals surface area contributed by atoms with E-state index >= 15 is 0 Å². The first kappa shape index (κ1) is 24.7. The highest BCUT2D eigenvalue weighted by molar-refractivity contribution is 6.01. The van der Waals surface area contributed by atoms with Crippen molar-refractivity contribution in [2.24, 2.45) is 0 Å². The van der Waals surface area contributed by atoms with E-state index in [0.717, 1.165) is 33.5 Å². The Kier molecular flexibility index (Phi) is 8.44. The van der Waals surface area contributed by atoms with Crippen molar-refractivity contribution >= 4 is 12.0 Å². The zero-order valence-corrected chi connectivity index (χ0v) is 20.2. The van der Waals surface area contributed by atoms with Crippen LogP contribution >= 0.6 is 0 Å². The van der Waals surface area contributed by atoms with E-state index in [4.69, 9.17) is 4.74 Å². The van der Waals surface area contributed by atoms with Gasteiger partial charge in [-0.15, -0.1) is 0 Å². The molecule has 0 atom stereocenters. The maximum Gasteiger partial charge on any atom is 0.407 e. The molecule has 0 saturated carbocycles. The molecule has 36 heavy (non-hydrogen) atoms. The summed E-state index contributed by atoms with van der Waals surface area (Å²) >= 11 is 0. The van der Waals surface area contributed by atoms with Gasteiger partial charge >= 0.3 is 6.09 Å². The molecule has 6 heteroatoms. The second-order valence-electron chi connectivity index (χ2n) is 8.44. The normalized spacial score (nSPS) is 10.5. The van der Waals surface area contributed by atoms with Gasteiger partial charge in [0.25, 0.3) is 5.91 Å². The molecule has 4 rings (SSSR count). The number of ether oxygens (including phenoxy) is 1. The zero-order valence-electron chi connectivity index (χ0n) is 20.2. The lowest BCUT2D eigenvalue weighted by molar-refractivity contribution is 0.0954. The van der Waals surface area contributed by atoms with Gasteiger partial charge in [-0.2, -0.15) is 0 Å². The molecule has 0 radical (unpaired) electrons. The molecule has 0 aliphatic carbocycles. The maximum absolute atomic E-state index is 13.0. The minimum Gasteiger partial charge on any atom is -0.445 e. The zero-order chi connectivity index (χ0) is 25.2. The fourth-order valence-corrected chi connectivity index (χ4v) is 3.85. The Bertz CT molecular complexity index is 1300. The molecular formula is C30H29N3O3. The van der Waals surface area contributed by atoms with Gasteiger partial charge in [0.15, 0.2) is 0 Å². The number of aryl methyl sites for hydroxylation is 1. The summed E-state index contributed by atoms with van der Waals surface area (Å²) in [5, 5.41) is 5.82. The Balaban J connectivity index is 1.40. The molecule has 0 aliphatic rings. The molecule has 2 N–H and O–H groups in total. The average Bonchev–Trinajstić information content (AvgIpc) is 2.92. The highest BCUT2D eigenvalue weighted by Gasteiger charge is 2.15. The van der Waals surface area contributed by atoms with Crippen molar-refractivity contribution in [3.8, 4) is 11.1 Å². The first-order valence-electron chi connectivity index (χ1n) is 11.9. The number of nitrogens with zero attached hydrogens (tertiary/aromatic N) is 1. The van der Waals surface area contributed by atoms with Gasteiger partial charge in [-0.05, 0) is 47.4 Å². The molecule has 4 aromatic rings. The fourth-order valence-electron chi connectivity index (χ4n) is 3.85. The van der Waals surface area contributed by atoms with E-state index in [9.17, 15) is 9.59 Å². The van der Waals surface area contributed by atoms with Crippen LogP contribution in [0.5, 0.6) is 0 Å². The third-order valence-electron chi connectivity index (χ3n) is 5.79. The van der Waals surface area contributed by atoms with E-state index in [-0.39, 0.29) is 19.1 Å². The van der Waals surface area contributed by atoms with Gasteiger partial charge in [-0.3, -0.25) is 9.78 Å². The summed E-state index contributed by atoms with van der Waals surface area (Å²) in [6, 6.07) is 28.8. The number of benzene rings is 3. The van der Waals surface area contributed by atoms with Crippen molar-refractivity contribution in [3.05, 3.63) is 125 Å². The molecule has 0 unspecified atom stereocenters. The van der Waals surface area contributed by atoms with Crippen molar-refractivity contribution in [1.82, 2.24) is 15.6 Å². The summed E-state index contributed by atoms with van der Waals surface area (Å²) in [5.41, 5.74) is 6.16. The highest BCUT2D eigenvalue weighted by Crippen LogP contribution is 2.27. The second-order valence-corrected chi connectivity index (χ2v) is 8.44.